The molecule has 0 aliphatic heterocycles. The summed E-state index contributed by atoms with van der Waals surface area (Å²) in [7, 11) is 1.30. The van der Waals surface area contributed by atoms with E-state index < -0.39 is 11.9 Å². The predicted octanol–water partition coefficient (Wildman–Crippen LogP) is 3.44. The Hall–Kier alpha value is -4.25. The van der Waals surface area contributed by atoms with Gasteiger partial charge in [-0.05, 0) is 49.4 Å². The van der Waals surface area contributed by atoms with Gasteiger partial charge in [-0.1, -0.05) is 12.1 Å². The van der Waals surface area contributed by atoms with E-state index in [0.717, 1.165) is 0 Å². The summed E-state index contributed by atoms with van der Waals surface area (Å²) in [5.74, 6) is -0.754. The molecule has 144 valence electrons. The highest BCUT2D eigenvalue weighted by atomic mass is 16.5. The van der Waals surface area contributed by atoms with Crippen molar-refractivity contribution in [3.05, 3.63) is 77.1 Å². The predicted molar refractivity (Wildman–Crippen MR) is 107 cm³/mol. The number of nitrogens with zero attached hydrogens (tertiary/aromatic N) is 3. The van der Waals surface area contributed by atoms with E-state index >= 15 is 0 Å². The number of aryl methyl sites for hydroxylation is 1. The van der Waals surface area contributed by atoms with Gasteiger partial charge in [-0.25, -0.2) is 14.8 Å². The molecule has 0 saturated heterocycles. The molecule has 0 fully saturated rings. The van der Waals surface area contributed by atoms with Crippen molar-refractivity contribution < 1.29 is 14.3 Å². The zero-order valence-corrected chi connectivity index (χ0v) is 15.8. The number of para-hydroxylation sites is 1. The number of amides is 1. The third kappa shape index (κ3) is 4.73. The molecule has 8 heteroatoms. The molecule has 0 saturated carbocycles. The van der Waals surface area contributed by atoms with Crippen molar-refractivity contribution in [1.82, 2.24) is 9.97 Å². The number of benzene rings is 2. The largest absolute Gasteiger partial charge is 0.465 e. The van der Waals surface area contributed by atoms with Gasteiger partial charge < -0.3 is 15.4 Å². The van der Waals surface area contributed by atoms with Crippen LogP contribution in [0.2, 0.25) is 0 Å². The summed E-state index contributed by atoms with van der Waals surface area (Å²) >= 11 is 0. The lowest BCUT2D eigenvalue weighted by Gasteiger charge is -2.11. The maximum atomic E-state index is 12.6. The summed E-state index contributed by atoms with van der Waals surface area (Å²) < 4.78 is 4.78. The molecule has 3 rings (SSSR count). The van der Waals surface area contributed by atoms with Crippen molar-refractivity contribution in [3.8, 4) is 6.07 Å². The van der Waals surface area contributed by atoms with Gasteiger partial charge in [0.2, 0.25) is 5.95 Å². The Labute approximate surface area is 167 Å². The molecule has 0 atom stereocenters. The SMILES string of the molecule is COC(=O)c1ccccc1Nc1nc(C)cc(C(=O)Nc2ccc(C#N)cc2)n1. The lowest BCUT2D eigenvalue weighted by Crippen LogP contribution is -2.16. The van der Waals surface area contributed by atoms with E-state index in [1.54, 1.807) is 61.5 Å². The molecule has 0 radical (unpaired) electrons. The molecular weight excluding hydrogens is 370 g/mol. The number of anilines is 3. The molecule has 1 amide bonds. The van der Waals surface area contributed by atoms with Crippen molar-refractivity contribution in [3.63, 3.8) is 0 Å². The minimum atomic E-state index is -0.500. The van der Waals surface area contributed by atoms with Crippen LogP contribution in [0.3, 0.4) is 0 Å². The van der Waals surface area contributed by atoms with Crippen molar-refractivity contribution in [2.24, 2.45) is 0 Å². The fraction of sp³-hybridized carbons (Fsp3) is 0.0952. The van der Waals surface area contributed by atoms with E-state index in [0.29, 0.717) is 28.2 Å². The number of carbonyl (C=O) groups is 2. The monoisotopic (exact) mass is 387 g/mol. The average Bonchev–Trinajstić information content (AvgIpc) is 2.73. The van der Waals surface area contributed by atoms with Gasteiger partial charge in [-0.2, -0.15) is 5.26 Å². The summed E-state index contributed by atoms with van der Waals surface area (Å²) in [4.78, 5) is 33.0. The first kappa shape index (κ1) is 19.5. The maximum Gasteiger partial charge on any atom is 0.339 e. The molecular formula is C21H17N5O3. The van der Waals surface area contributed by atoms with Crippen LogP contribution in [0.15, 0.2) is 54.6 Å². The molecule has 2 N–H and O–H groups in total. The third-order valence-electron chi connectivity index (χ3n) is 3.94. The van der Waals surface area contributed by atoms with Crippen molar-refractivity contribution >= 4 is 29.2 Å². The van der Waals surface area contributed by atoms with Gasteiger partial charge in [-0.3, -0.25) is 4.79 Å². The number of nitriles is 1. The van der Waals surface area contributed by atoms with Crippen molar-refractivity contribution in [2.45, 2.75) is 6.92 Å². The summed E-state index contributed by atoms with van der Waals surface area (Å²) in [6, 6.07) is 16.8. The highest BCUT2D eigenvalue weighted by molar-refractivity contribution is 6.03. The number of aromatic nitrogens is 2. The molecule has 8 nitrogen and oxygen atoms in total. The fourth-order valence-electron chi connectivity index (χ4n) is 2.56. The number of esters is 1. The van der Waals surface area contributed by atoms with Crippen molar-refractivity contribution in [2.75, 3.05) is 17.7 Å². The first-order valence-electron chi connectivity index (χ1n) is 8.61. The molecule has 1 aromatic heterocycles. The third-order valence-corrected chi connectivity index (χ3v) is 3.94. The molecule has 0 aliphatic rings. The molecule has 0 aliphatic carbocycles. The fourth-order valence-corrected chi connectivity index (χ4v) is 2.56. The summed E-state index contributed by atoms with van der Waals surface area (Å²) in [6.45, 7) is 1.73. The van der Waals surface area contributed by atoms with Crippen LogP contribution in [0, 0.1) is 18.3 Å². The molecule has 3 aromatic rings. The second kappa shape index (κ2) is 8.63. The lowest BCUT2D eigenvalue weighted by molar-refractivity contribution is 0.0601. The Morgan fingerprint density at radius 3 is 2.48 bits per heavy atom. The average molecular weight is 387 g/mol. The maximum absolute atomic E-state index is 12.6. The first-order valence-corrected chi connectivity index (χ1v) is 8.61. The number of hydrogen-bond acceptors (Lipinski definition) is 7. The molecule has 0 spiro atoms. The molecule has 0 unspecified atom stereocenters. The normalized spacial score (nSPS) is 9.97. The number of methoxy groups -OCH3 is 1. The van der Waals surface area contributed by atoms with Crippen LogP contribution in [0.4, 0.5) is 17.3 Å². The van der Waals surface area contributed by atoms with Gasteiger partial charge in [0.1, 0.15) is 5.69 Å². The molecule has 0 bridgehead atoms. The minimum Gasteiger partial charge on any atom is -0.465 e. The van der Waals surface area contributed by atoms with Crippen LogP contribution < -0.4 is 10.6 Å². The smallest absolute Gasteiger partial charge is 0.339 e. The van der Waals surface area contributed by atoms with Crippen molar-refractivity contribution in [1.29, 1.82) is 5.26 Å². The number of nitrogens with one attached hydrogen (secondary N) is 2. The number of hydrogen-bond donors (Lipinski definition) is 2. The Morgan fingerprint density at radius 2 is 1.79 bits per heavy atom. The van der Waals surface area contributed by atoms with Crippen LogP contribution in [0.25, 0.3) is 0 Å². The number of rotatable bonds is 5. The van der Waals surface area contributed by atoms with E-state index in [9.17, 15) is 9.59 Å². The Bertz CT molecular complexity index is 1100. The summed E-state index contributed by atoms with van der Waals surface area (Å²) in [5, 5.41) is 14.5. The van der Waals surface area contributed by atoms with Crippen LogP contribution in [-0.2, 0) is 4.74 Å². The van der Waals surface area contributed by atoms with Gasteiger partial charge in [0.15, 0.2) is 0 Å². The van der Waals surface area contributed by atoms with Gasteiger partial charge >= 0.3 is 5.97 Å². The van der Waals surface area contributed by atoms with Crippen LogP contribution in [0.5, 0.6) is 0 Å². The Morgan fingerprint density at radius 1 is 1.07 bits per heavy atom. The lowest BCUT2D eigenvalue weighted by atomic mass is 10.2. The Kier molecular flexibility index (Phi) is 5.80. The molecule has 2 aromatic carbocycles. The van der Waals surface area contributed by atoms with E-state index in [1.807, 2.05) is 6.07 Å². The number of ether oxygens (including phenoxy) is 1. The van der Waals surface area contributed by atoms with Gasteiger partial charge in [-0.15, -0.1) is 0 Å². The van der Waals surface area contributed by atoms with Gasteiger partial charge in [0, 0.05) is 11.4 Å². The highest BCUT2D eigenvalue weighted by Crippen LogP contribution is 2.20. The first-order chi connectivity index (χ1) is 14.0. The van der Waals surface area contributed by atoms with Crippen LogP contribution in [-0.4, -0.2) is 29.0 Å². The molecule has 1 heterocycles. The number of carbonyl (C=O) groups excluding carboxylic acids is 2. The van der Waals surface area contributed by atoms with E-state index in [1.165, 1.54) is 7.11 Å². The van der Waals surface area contributed by atoms with E-state index in [-0.39, 0.29) is 11.6 Å². The minimum absolute atomic E-state index is 0.153. The van der Waals surface area contributed by atoms with E-state index in [4.69, 9.17) is 10.00 Å². The second-order valence-electron chi connectivity index (χ2n) is 6.02. The quantitative estimate of drug-likeness (QED) is 0.644. The summed E-state index contributed by atoms with van der Waals surface area (Å²) in [5.41, 5.74) is 2.54. The van der Waals surface area contributed by atoms with Crippen LogP contribution in [0.1, 0.15) is 32.1 Å². The Balaban J connectivity index is 1.84. The van der Waals surface area contributed by atoms with Gasteiger partial charge in [0.25, 0.3) is 5.91 Å². The van der Waals surface area contributed by atoms with Gasteiger partial charge in [0.05, 0.1) is 30.0 Å². The van der Waals surface area contributed by atoms with Crippen LogP contribution >= 0.6 is 0 Å². The topological polar surface area (TPSA) is 117 Å². The summed E-state index contributed by atoms with van der Waals surface area (Å²) in [6.07, 6.45) is 0. The second-order valence-corrected chi connectivity index (χ2v) is 6.02. The molecule has 29 heavy (non-hydrogen) atoms. The highest BCUT2D eigenvalue weighted by Gasteiger charge is 2.15. The zero-order chi connectivity index (χ0) is 20.8. The van der Waals surface area contributed by atoms with E-state index in [2.05, 4.69) is 20.6 Å². The standard InChI is InChI=1S/C21H17N5O3/c1-13-11-18(19(27)24-15-9-7-14(12-22)8-10-15)26-21(23-13)25-17-6-4-3-5-16(17)20(28)29-2/h3-11H,1-2H3,(H,24,27)(H,23,25,26). The zero-order valence-electron chi connectivity index (χ0n) is 15.8.